The van der Waals surface area contributed by atoms with Crippen LogP contribution in [0.2, 0.25) is 0 Å². The number of aromatic amines is 1. The predicted octanol–water partition coefficient (Wildman–Crippen LogP) is 0.925. The van der Waals surface area contributed by atoms with Crippen molar-refractivity contribution >= 4 is 32.9 Å². The van der Waals surface area contributed by atoms with E-state index < -0.39 is 16.1 Å². The van der Waals surface area contributed by atoms with Crippen LogP contribution < -0.4 is 5.32 Å². The first-order valence-electron chi connectivity index (χ1n) is 6.67. The van der Waals surface area contributed by atoms with E-state index in [9.17, 15) is 13.2 Å². The summed E-state index contributed by atoms with van der Waals surface area (Å²) in [6.07, 6.45) is 2.34. The van der Waals surface area contributed by atoms with Crippen LogP contribution in [0, 0.1) is 0 Å². The average Bonchev–Trinajstić information content (AvgIpc) is 3.03. The maximum atomic E-state index is 12.3. The van der Waals surface area contributed by atoms with Crippen LogP contribution in [0.1, 0.15) is 12.8 Å². The van der Waals surface area contributed by atoms with Crippen LogP contribution in [0.4, 0.5) is 5.95 Å². The van der Waals surface area contributed by atoms with Gasteiger partial charge in [-0.15, -0.1) is 0 Å². The molecule has 0 saturated carbocycles. The van der Waals surface area contributed by atoms with Crippen molar-refractivity contribution in [1.29, 1.82) is 0 Å². The number of H-pyrrole nitrogens is 1. The predicted molar refractivity (Wildman–Crippen MR) is 79.3 cm³/mol. The minimum Gasteiger partial charge on any atom is -0.324 e. The van der Waals surface area contributed by atoms with Crippen LogP contribution in [0.5, 0.6) is 0 Å². The molecular weight excluding hydrogens is 292 g/mol. The zero-order valence-electron chi connectivity index (χ0n) is 11.5. The number of sulfonamides is 1. The second-order valence-electron chi connectivity index (χ2n) is 5.12. The lowest BCUT2D eigenvalue weighted by molar-refractivity contribution is -0.119. The number of carbonyl (C=O) groups excluding carboxylic acids is 1. The molecule has 2 aromatic rings. The highest BCUT2D eigenvalue weighted by atomic mass is 32.2. The fourth-order valence-corrected chi connectivity index (χ4v) is 3.74. The Kier molecular flexibility index (Phi) is 3.42. The van der Waals surface area contributed by atoms with Gasteiger partial charge in [0.15, 0.2) is 0 Å². The molecule has 112 valence electrons. The Balaban J connectivity index is 1.79. The van der Waals surface area contributed by atoms with Crippen LogP contribution in [-0.2, 0) is 14.8 Å². The van der Waals surface area contributed by atoms with Crippen molar-refractivity contribution in [2.24, 2.45) is 0 Å². The van der Waals surface area contributed by atoms with Gasteiger partial charge in [-0.05, 0) is 25.0 Å². The molecule has 7 nitrogen and oxygen atoms in total. The number of nitrogens with zero attached hydrogens (tertiary/aromatic N) is 2. The van der Waals surface area contributed by atoms with Gasteiger partial charge in [0.05, 0.1) is 17.3 Å². The molecule has 1 aromatic carbocycles. The van der Waals surface area contributed by atoms with Crippen molar-refractivity contribution in [2.45, 2.75) is 18.9 Å². The van der Waals surface area contributed by atoms with Crippen molar-refractivity contribution in [1.82, 2.24) is 14.3 Å². The Morgan fingerprint density at radius 2 is 2.19 bits per heavy atom. The van der Waals surface area contributed by atoms with Crippen LogP contribution in [0.3, 0.4) is 0 Å². The molecule has 1 aliphatic heterocycles. The molecule has 0 bridgehead atoms. The van der Waals surface area contributed by atoms with Gasteiger partial charge in [-0.2, -0.15) is 4.31 Å². The molecule has 0 radical (unpaired) electrons. The highest BCUT2D eigenvalue weighted by Gasteiger charge is 2.36. The summed E-state index contributed by atoms with van der Waals surface area (Å²) < 4.78 is 24.6. The van der Waals surface area contributed by atoms with Gasteiger partial charge in [-0.25, -0.2) is 13.4 Å². The number of fused-ring (bicyclic) bond motifs is 1. The van der Waals surface area contributed by atoms with Crippen LogP contribution in [-0.4, -0.2) is 47.4 Å². The summed E-state index contributed by atoms with van der Waals surface area (Å²) in [6, 6.07) is 6.76. The van der Waals surface area contributed by atoms with E-state index in [-0.39, 0.29) is 5.91 Å². The van der Waals surface area contributed by atoms with E-state index in [0.29, 0.717) is 25.3 Å². The monoisotopic (exact) mass is 308 g/mol. The van der Waals surface area contributed by atoms with Crippen molar-refractivity contribution in [3.8, 4) is 0 Å². The Labute approximate surface area is 122 Å². The number of hydrogen-bond acceptors (Lipinski definition) is 4. The lowest BCUT2D eigenvalue weighted by atomic mass is 10.2. The number of carbonyl (C=O) groups is 1. The lowest BCUT2D eigenvalue weighted by Gasteiger charge is -2.20. The van der Waals surface area contributed by atoms with Crippen molar-refractivity contribution < 1.29 is 13.2 Å². The zero-order valence-corrected chi connectivity index (χ0v) is 12.4. The van der Waals surface area contributed by atoms with E-state index in [4.69, 9.17) is 0 Å². The summed E-state index contributed by atoms with van der Waals surface area (Å²) in [5.74, 6) is -0.0152. The van der Waals surface area contributed by atoms with Gasteiger partial charge in [-0.3, -0.25) is 10.1 Å². The van der Waals surface area contributed by atoms with Gasteiger partial charge in [0.2, 0.25) is 21.9 Å². The van der Waals surface area contributed by atoms with Gasteiger partial charge < -0.3 is 4.98 Å². The Hall–Kier alpha value is -1.93. The maximum absolute atomic E-state index is 12.3. The summed E-state index contributed by atoms with van der Waals surface area (Å²) in [6.45, 7) is 0.386. The SMILES string of the molecule is CS(=O)(=O)N1CCC[C@H]1C(=O)Nc1nc2ccccc2[nH]1. The van der Waals surface area contributed by atoms with Crippen LogP contribution in [0.25, 0.3) is 11.0 Å². The standard InChI is InChI=1S/C13H16N4O3S/c1-21(19,20)17-8-4-7-11(17)12(18)16-13-14-9-5-2-3-6-10(9)15-13/h2-3,5-6,11H,4,7-8H2,1H3,(H2,14,15,16,18)/t11-/m0/s1. The third-order valence-corrected chi connectivity index (χ3v) is 4.85. The summed E-state index contributed by atoms with van der Waals surface area (Å²) in [5.41, 5.74) is 1.57. The molecule has 21 heavy (non-hydrogen) atoms. The molecule has 1 aliphatic rings. The first-order chi connectivity index (χ1) is 9.95. The van der Waals surface area contributed by atoms with Crippen molar-refractivity contribution in [2.75, 3.05) is 18.1 Å². The molecule has 1 saturated heterocycles. The number of anilines is 1. The van der Waals surface area contributed by atoms with Gasteiger partial charge >= 0.3 is 0 Å². The van der Waals surface area contributed by atoms with Crippen molar-refractivity contribution in [3.63, 3.8) is 0 Å². The molecule has 0 aliphatic carbocycles. The normalized spacial score (nSPS) is 20.0. The highest BCUT2D eigenvalue weighted by Crippen LogP contribution is 2.22. The summed E-state index contributed by atoms with van der Waals surface area (Å²) in [7, 11) is -3.37. The molecule has 2 heterocycles. The van der Waals surface area contributed by atoms with E-state index in [0.717, 1.165) is 17.3 Å². The molecular formula is C13H16N4O3S. The maximum Gasteiger partial charge on any atom is 0.245 e. The number of benzene rings is 1. The smallest absolute Gasteiger partial charge is 0.245 e. The van der Waals surface area contributed by atoms with Gasteiger partial charge in [0.25, 0.3) is 0 Å². The molecule has 8 heteroatoms. The van der Waals surface area contributed by atoms with E-state index in [1.165, 1.54) is 4.31 Å². The Bertz CT molecular complexity index is 751. The number of imidazole rings is 1. The molecule has 1 aromatic heterocycles. The van der Waals surface area contributed by atoms with Crippen molar-refractivity contribution in [3.05, 3.63) is 24.3 Å². The van der Waals surface area contributed by atoms with Gasteiger partial charge in [0, 0.05) is 6.54 Å². The first kappa shape index (κ1) is 14.0. The first-order valence-corrected chi connectivity index (χ1v) is 8.52. The largest absolute Gasteiger partial charge is 0.324 e. The third-order valence-electron chi connectivity index (χ3n) is 3.56. The van der Waals surface area contributed by atoms with E-state index in [2.05, 4.69) is 15.3 Å². The lowest BCUT2D eigenvalue weighted by Crippen LogP contribution is -2.42. The summed E-state index contributed by atoms with van der Waals surface area (Å²) in [5, 5.41) is 2.66. The van der Waals surface area contributed by atoms with Gasteiger partial charge in [0.1, 0.15) is 6.04 Å². The summed E-state index contributed by atoms with van der Waals surface area (Å²) >= 11 is 0. The molecule has 0 spiro atoms. The number of para-hydroxylation sites is 2. The second kappa shape index (κ2) is 5.12. The number of hydrogen-bond donors (Lipinski definition) is 2. The van der Waals surface area contributed by atoms with E-state index in [1.807, 2.05) is 24.3 Å². The fourth-order valence-electron chi connectivity index (χ4n) is 2.61. The highest BCUT2D eigenvalue weighted by molar-refractivity contribution is 7.88. The average molecular weight is 308 g/mol. The molecule has 2 N–H and O–H groups in total. The summed E-state index contributed by atoms with van der Waals surface area (Å²) in [4.78, 5) is 19.5. The van der Waals surface area contributed by atoms with Crippen LogP contribution in [0.15, 0.2) is 24.3 Å². The molecule has 3 rings (SSSR count). The molecule has 1 atom stereocenters. The number of nitrogens with one attached hydrogen (secondary N) is 2. The number of amides is 1. The molecule has 1 amide bonds. The fraction of sp³-hybridized carbons (Fsp3) is 0.385. The number of rotatable bonds is 3. The third kappa shape index (κ3) is 2.77. The topological polar surface area (TPSA) is 95.2 Å². The second-order valence-corrected chi connectivity index (χ2v) is 7.06. The number of aromatic nitrogens is 2. The van der Waals surface area contributed by atoms with Crippen LogP contribution >= 0.6 is 0 Å². The molecule has 1 fully saturated rings. The Morgan fingerprint density at radius 1 is 1.43 bits per heavy atom. The van der Waals surface area contributed by atoms with Gasteiger partial charge in [-0.1, -0.05) is 12.1 Å². The zero-order chi connectivity index (χ0) is 15.0. The van der Waals surface area contributed by atoms with E-state index in [1.54, 1.807) is 0 Å². The minimum absolute atomic E-state index is 0.335. The minimum atomic E-state index is -3.37. The quantitative estimate of drug-likeness (QED) is 0.881. The van der Waals surface area contributed by atoms with E-state index >= 15 is 0 Å². The molecule has 0 unspecified atom stereocenters. The Morgan fingerprint density at radius 3 is 2.90 bits per heavy atom.